The second-order valence-corrected chi connectivity index (χ2v) is 8.81. The molecule has 8 heteroatoms. The van der Waals surface area contributed by atoms with Crippen LogP contribution >= 0.6 is 11.3 Å². The number of sulfonamides is 1. The second kappa shape index (κ2) is 7.21. The third-order valence-corrected chi connectivity index (χ3v) is 6.59. The molecule has 2 aromatic heterocycles. The van der Waals surface area contributed by atoms with E-state index in [0.717, 1.165) is 26.5 Å². The fourth-order valence-corrected chi connectivity index (χ4v) is 5.00. The smallest absolute Gasteiger partial charge is 0.265 e. The van der Waals surface area contributed by atoms with E-state index < -0.39 is 10.0 Å². The molecule has 142 valence electrons. The molecular weight excluding hydrogens is 394 g/mol. The lowest BCUT2D eigenvalue weighted by atomic mass is 10.2. The topological polar surface area (TPSA) is 81.2 Å². The first-order valence-electron chi connectivity index (χ1n) is 8.46. The van der Waals surface area contributed by atoms with Gasteiger partial charge in [0.1, 0.15) is 26.0 Å². The van der Waals surface area contributed by atoms with E-state index in [4.69, 9.17) is 4.74 Å². The molecule has 0 atom stereocenters. The van der Waals surface area contributed by atoms with Crippen molar-refractivity contribution in [2.45, 2.75) is 11.8 Å². The van der Waals surface area contributed by atoms with E-state index in [-0.39, 0.29) is 4.90 Å². The average Bonchev–Trinajstić information content (AvgIpc) is 3.12. The molecule has 0 saturated carbocycles. The number of hydrogen-bond donors (Lipinski definition) is 1. The lowest BCUT2D eigenvalue weighted by molar-refractivity contribution is 0.402. The molecule has 2 heterocycles. The number of aromatic nitrogens is 2. The molecule has 4 aromatic rings. The van der Waals surface area contributed by atoms with E-state index in [1.165, 1.54) is 18.4 Å². The zero-order valence-corrected chi connectivity index (χ0v) is 16.8. The Morgan fingerprint density at radius 2 is 1.86 bits per heavy atom. The van der Waals surface area contributed by atoms with Crippen LogP contribution in [0.1, 0.15) is 5.56 Å². The van der Waals surface area contributed by atoms with Crippen LogP contribution in [-0.2, 0) is 10.0 Å². The van der Waals surface area contributed by atoms with Crippen molar-refractivity contribution in [2.24, 2.45) is 0 Å². The van der Waals surface area contributed by atoms with Crippen LogP contribution in [0.4, 0.5) is 5.69 Å². The lowest BCUT2D eigenvalue weighted by Gasteiger charge is -2.12. The normalized spacial score (nSPS) is 11.5. The van der Waals surface area contributed by atoms with E-state index in [2.05, 4.69) is 14.7 Å². The summed E-state index contributed by atoms with van der Waals surface area (Å²) in [4.78, 5) is 9.85. The number of nitrogens with zero attached hydrogens (tertiary/aromatic N) is 2. The molecule has 2 aromatic carbocycles. The quantitative estimate of drug-likeness (QED) is 0.524. The van der Waals surface area contributed by atoms with Crippen molar-refractivity contribution < 1.29 is 13.2 Å². The third kappa shape index (κ3) is 3.56. The van der Waals surface area contributed by atoms with E-state index in [0.29, 0.717) is 11.4 Å². The number of thiazole rings is 1. The predicted molar refractivity (Wildman–Crippen MR) is 111 cm³/mol. The molecule has 0 amide bonds. The number of ether oxygens (including phenoxy) is 1. The first kappa shape index (κ1) is 18.4. The molecule has 0 unspecified atom stereocenters. The molecule has 6 nitrogen and oxygen atoms in total. The monoisotopic (exact) mass is 411 g/mol. The van der Waals surface area contributed by atoms with Crippen LogP contribution < -0.4 is 9.46 Å². The summed E-state index contributed by atoms with van der Waals surface area (Å²) in [6, 6.07) is 15.9. The number of aryl methyl sites for hydroxylation is 1. The molecule has 1 N–H and O–H groups in total. The van der Waals surface area contributed by atoms with Gasteiger partial charge in [-0.15, -0.1) is 0 Å². The summed E-state index contributed by atoms with van der Waals surface area (Å²) in [5.74, 6) is 0.302. The van der Waals surface area contributed by atoms with E-state index in [9.17, 15) is 8.42 Å². The molecule has 28 heavy (non-hydrogen) atoms. The molecule has 0 aliphatic rings. The maximum Gasteiger partial charge on any atom is 0.265 e. The summed E-state index contributed by atoms with van der Waals surface area (Å²) < 4.78 is 33.4. The molecule has 0 aliphatic heterocycles. The number of nitrogens with one attached hydrogen (secondary N) is 1. The number of benzene rings is 2. The number of hydrogen-bond acceptors (Lipinski definition) is 6. The summed E-state index contributed by atoms with van der Waals surface area (Å²) in [6.07, 6.45) is 1.74. The molecule has 0 aliphatic carbocycles. The summed E-state index contributed by atoms with van der Waals surface area (Å²) >= 11 is 1.50. The van der Waals surface area contributed by atoms with Crippen molar-refractivity contribution in [1.82, 2.24) is 9.97 Å². The molecule has 0 saturated heterocycles. The Bertz CT molecular complexity index is 1220. The fourth-order valence-electron chi connectivity index (χ4n) is 2.78. The van der Waals surface area contributed by atoms with Crippen LogP contribution in [0.25, 0.3) is 20.9 Å². The molecule has 4 rings (SSSR count). The van der Waals surface area contributed by atoms with Crippen LogP contribution in [-0.4, -0.2) is 25.5 Å². The van der Waals surface area contributed by atoms with Gasteiger partial charge < -0.3 is 4.74 Å². The summed E-state index contributed by atoms with van der Waals surface area (Å²) in [5.41, 5.74) is 3.05. The van der Waals surface area contributed by atoms with Gasteiger partial charge in [-0.05, 0) is 61.0 Å². The maximum absolute atomic E-state index is 12.8. The largest absolute Gasteiger partial charge is 0.495 e. The Hall–Kier alpha value is -2.97. The Kier molecular flexibility index (Phi) is 4.74. The highest BCUT2D eigenvalue weighted by molar-refractivity contribution is 7.92. The first-order chi connectivity index (χ1) is 13.5. The Balaban J connectivity index is 1.61. The van der Waals surface area contributed by atoms with Crippen molar-refractivity contribution in [3.05, 3.63) is 66.4 Å². The highest BCUT2D eigenvalue weighted by Gasteiger charge is 2.20. The maximum atomic E-state index is 12.8. The van der Waals surface area contributed by atoms with Gasteiger partial charge in [0.2, 0.25) is 0 Å². The lowest BCUT2D eigenvalue weighted by Crippen LogP contribution is -2.14. The Morgan fingerprint density at radius 3 is 2.57 bits per heavy atom. The highest BCUT2D eigenvalue weighted by Crippen LogP contribution is 2.31. The van der Waals surface area contributed by atoms with Crippen LogP contribution in [0, 0.1) is 6.92 Å². The second-order valence-electron chi connectivity index (χ2n) is 6.18. The van der Waals surface area contributed by atoms with Gasteiger partial charge >= 0.3 is 0 Å². The minimum atomic E-state index is -3.77. The summed E-state index contributed by atoms with van der Waals surface area (Å²) in [7, 11) is -2.32. The SMILES string of the molecule is COc1ccc(C)cc1S(=O)(=O)Nc1ccc(-c2nc3cccnc3s2)cc1. The number of fused-ring (bicyclic) bond motifs is 1. The number of anilines is 1. The predicted octanol–water partition coefficient (Wildman–Crippen LogP) is 4.48. The van der Waals surface area contributed by atoms with Gasteiger partial charge in [0, 0.05) is 17.4 Å². The van der Waals surface area contributed by atoms with Gasteiger partial charge in [-0.25, -0.2) is 18.4 Å². The molecule has 0 fully saturated rings. The van der Waals surface area contributed by atoms with Crippen molar-refractivity contribution in [3.63, 3.8) is 0 Å². The van der Waals surface area contributed by atoms with Gasteiger partial charge in [0.15, 0.2) is 0 Å². The summed E-state index contributed by atoms with van der Waals surface area (Å²) in [5, 5.41) is 0.837. The van der Waals surface area contributed by atoms with Crippen molar-refractivity contribution in [2.75, 3.05) is 11.8 Å². The minimum absolute atomic E-state index is 0.108. The first-order valence-corrected chi connectivity index (χ1v) is 10.8. The van der Waals surface area contributed by atoms with Crippen LogP contribution in [0.5, 0.6) is 5.75 Å². The number of methoxy groups -OCH3 is 1. The van der Waals surface area contributed by atoms with Crippen molar-refractivity contribution in [1.29, 1.82) is 0 Å². The van der Waals surface area contributed by atoms with E-state index in [1.807, 2.05) is 31.2 Å². The Labute approximate surface area is 166 Å². The molecule has 0 bridgehead atoms. The number of rotatable bonds is 5. The zero-order chi connectivity index (χ0) is 19.7. The highest BCUT2D eigenvalue weighted by atomic mass is 32.2. The molecule has 0 spiro atoms. The average molecular weight is 412 g/mol. The third-order valence-electron chi connectivity index (χ3n) is 4.16. The zero-order valence-electron chi connectivity index (χ0n) is 15.2. The van der Waals surface area contributed by atoms with Gasteiger partial charge in [-0.3, -0.25) is 4.72 Å². The van der Waals surface area contributed by atoms with E-state index in [1.54, 1.807) is 36.5 Å². The van der Waals surface area contributed by atoms with Crippen LogP contribution in [0.3, 0.4) is 0 Å². The van der Waals surface area contributed by atoms with Crippen LogP contribution in [0.2, 0.25) is 0 Å². The van der Waals surface area contributed by atoms with Crippen molar-refractivity contribution >= 4 is 37.4 Å². The van der Waals surface area contributed by atoms with Gasteiger partial charge in [0.25, 0.3) is 10.0 Å². The fraction of sp³-hybridized carbons (Fsp3) is 0.100. The van der Waals surface area contributed by atoms with E-state index >= 15 is 0 Å². The molecular formula is C20H17N3O3S2. The number of pyridine rings is 1. The Morgan fingerprint density at radius 1 is 1.07 bits per heavy atom. The summed E-state index contributed by atoms with van der Waals surface area (Å²) in [6.45, 7) is 1.83. The van der Waals surface area contributed by atoms with Gasteiger partial charge in [-0.2, -0.15) is 0 Å². The molecule has 0 radical (unpaired) electrons. The van der Waals surface area contributed by atoms with Gasteiger partial charge in [0.05, 0.1) is 7.11 Å². The van der Waals surface area contributed by atoms with Gasteiger partial charge in [-0.1, -0.05) is 17.4 Å². The minimum Gasteiger partial charge on any atom is -0.495 e. The standard InChI is InChI=1S/C20H17N3O3S2/c1-13-5-10-17(26-2)18(12-13)28(24,25)23-15-8-6-14(7-9-15)19-22-16-4-3-11-21-20(16)27-19/h3-12,23H,1-2H3. The van der Waals surface area contributed by atoms with Crippen LogP contribution in [0.15, 0.2) is 65.7 Å². The van der Waals surface area contributed by atoms with Crippen molar-refractivity contribution in [3.8, 4) is 16.3 Å².